The van der Waals surface area contributed by atoms with E-state index in [0.717, 1.165) is 18.2 Å². The van der Waals surface area contributed by atoms with Gasteiger partial charge in [-0.15, -0.1) is 0 Å². The van der Waals surface area contributed by atoms with Gasteiger partial charge in [-0.3, -0.25) is 4.90 Å². The summed E-state index contributed by atoms with van der Waals surface area (Å²) in [6, 6.07) is 3.68. The Bertz CT molecular complexity index is 745. The molecule has 6 nitrogen and oxygen atoms in total. The van der Waals surface area contributed by atoms with Gasteiger partial charge in [-0.1, -0.05) is 6.07 Å². The van der Waals surface area contributed by atoms with Crippen molar-refractivity contribution in [3.05, 3.63) is 29.8 Å². The lowest BCUT2D eigenvalue weighted by atomic mass is 10.1. The third-order valence-electron chi connectivity index (χ3n) is 5.11. The van der Waals surface area contributed by atoms with E-state index in [2.05, 4.69) is 4.90 Å². The molecule has 0 N–H and O–H groups in total. The van der Waals surface area contributed by atoms with Gasteiger partial charge < -0.3 is 9.47 Å². The van der Waals surface area contributed by atoms with Crippen molar-refractivity contribution in [3.63, 3.8) is 0 Å². The lowest BCUT2D eigenvalue weighted by Crippen LogP contribution is -2.48. The number of halogens is 3. The van der Waals surface area contributed by atoms with Crippen LogP contribution in [0.25, 0.3) is 0 Å². The first kappa shape index (κ1) is 21.5. The van der Waals surface area contributed by atoms with Crippen LogP contribution in [-0.4, -0.2) is 76.3 Å². The molecule has 10 heteroatoms. The Morgan fingerprint density at radius 3 is 2.36 bits per heavy atom. The standard InChI is InChI=1S/C18H25F3N2O4S/c19-18(20,21)15-2-1-3-17(14-15)28(24,25)23(16-4-10-26-11-5-16)7-6-22-8-12-27-13-9-22/h1-3,14,16H,4-13H2. The molecule has 0 spiro atoms. The predicted octanol–water partition coefficient (Wildman–Crippen LogP) is 2.21. The third-order valence-corrected chi connectivity index (χ3v) is 7.05. The van der Waals surface area contributed by atoms with Crippen LogP contribution in [0.3, 0.4) is 0 Å². The number of ether oxygens (including phenoxy) is 2. The molecular formula is C18H25F3N2O4S. The first-order valence-electron chi connectivity index (χ1n) is 9.35. The molecule has 0 radical (unpaired) electrons. The van der Waals surface area contributed by atoms with Gasteiger partial charge >= 0.3 is 6.18 Å². The molecular weight excluding hydrogens is 397 g/mol. The van der Waals surface area contributed by atoms with Crippen LogP contribution in [-0.2, 0) is 25.7 Å². The topological polar surface area (TPSA) is 59.1 Å². The Morgan fingerprint density at radius 2 is 1.71 bits per heavy atom. The van der Waals surface area contributed by atoms with Gasteiger partial charge in [0, 0.05) is 45.4 Å². The zero-order valence-corrected chi connectivity index (χ0v) is 16.3. The summed E-state index contributed by atoms with van der Waals surface area (Å²) in [5.74, 6) is 0. The predicted molar refractivity (Wildman–Crippen MR) is 96.4 cm³/mol. The number of hydrogen-bond acceptors (Lipinski definition) is 5. The Morgan fingerprint density at radius 1 is 1.07 bits per heavy atom. The molecule has 0 unspecified atom stereocenters. The molecule has 28 heavy (non-hydrogen) atoms. The summed E-state index contributed by atoms with van der Waals surface area (Å²) in [6.07, 6.45) is -3.54. The van der Waals surface area contributed by atoms with Crippen LogP contribution in [0.15, 0.2) is 29.2 Å². The highest BCUT2D eigenvalue weighted by Crippen LogP contribution is 2.32. The van der Waals surface area contributed by atoms with Crippen molar-refractivity contribution in [2.45, 2.75) is 30.0 Å². The maximum atomic E-state index is 13.3. The molecule has 2 heterocycles. The van der Waals surface area contributed by atoms with Crippen LogP contribution in [0, 0.1) is 0 Å². The summed E-state index contributed by atoms with van der Waals surface area (Å²) >= 11 is 0. The fourth-order valence-electron chi connectivity index (χ4n) is 3.51. The van der Waals surface area contributed by atoms with E-state index in [4.69, 9.17) is 9.47 Å². The maximum absolute atomic E-state index is 13.3. The monoisotopic (exact) mass is 422 g/mol. The number of nitrogens with zero attached hydrogens (tertiary/aromatic N) is 2. The first-order valence-corrected chi connectivity index (χ1v) is 10.8. The van der Waals surface area contributed by atoms with E-state index < -0.39 is 21.8 Å². The first-order chi connectivity index (χ1) is 13.3. The molecule has 2 aliphatic heterocycles. The number of alkyl halides is 3. The molecule has 1 aromatic rings. The Labute approximate surface area is 163 Å². The Balaban J connectivity index is 1.84. The van der Waals surface area contributed by atoms with E-state index in [-0.39, 0.29) is 17.5 Å². The minimum atomic E-state index is -4.59. The van der Waals surface area contributed by atoms with E-state index >= 15 is 0 Å². The Hall–Kier alpha value is -1.20. The van der Waals surface area contributed by atoms with Crippen molar-refractivity contribution < 1.29 is 31.1 Å². The molecule has 0 amide bonds. The SMILES string of the molecule is O=S(=O)(c1cccc(C(F)(F)F)c1)N(CCN1CCOCC1)C1CCOCC1. The molecule has 1 aromatic carbocycles. The van der Waals surface area contributed by atoms with Gasteiger partial charge in [0.1, 0.15) is 0 Å². The summed E-state index contributed by atoms with van der Waals surface area (Å²) in [6.45, 7) is 4.24. The molecule has 2 aliphatic rings. The molecule has 0 bridgehead atoms. The van der Waals surface area contributed by atoms with Crippen LogP contribution in [0.2, 0.25) is 0 Å². The van der Waals surface area contributed by atoms with Crippen molar-refractivity contribution in [2.24, 2.45) is 0 Å². The normalized spacial score (nSPS) is 20.6. The van der Waals surface area contributed by atoms with E-state index in [1.54, 1.807) is 0 Å². The third kappa shape index (κ3) is 5.24. The highest BCUT2D eigenvalue weighted by Gasteiger charge is 2.36. The smallest absolute Gasteiger partial charge is 0.381 e. The van der Waals surface area contributed by atoms with Crippen molar-refractivity contribution in [1.29, 1.82) is 0 Å². The lowest BCUT2D eigenvalue weighted by molar-refractivity contribution is -0.137. The van der Waals surface area contributed by atoms with Gasteiger partial charge in [-0.05, 0) is 31.0 Å². The van der Waals surface area contributed by atoms with Crippen LogP contribution in [0.5, 0.6) is 0 Å². The lowest BCUT2D eigenvalue weighted by Gasteiger charge is -2.35. The highest BCUT2D eigenvalue weighted by molar-refractivity contribution is 7.89. The van der Waals surface area contributed by atoms with Gasteiger partial charge in [0.25, 0.3) is 0 Å². The molecule has 0 atom stereocenters. The minimum Gasteiger partial charge on any atom is -0.381 e. The molecule has 2 fully saturated rings. The summed E-state index contributed by atoms with van der Waals surface area (Å²) < 4.78 is 77.7. The summed E-state index contributed by atoms with van der Waals surface area (Å²) in [4.78, 5) is 1.79. The number of sulfonamides is 1. The molecule has 0 aliphatic carbocycles. The molecule has 2 saturated heterocycles. The van der Waals surface area contributed by atoms with E-state index in [0.29, 0.717) is 58.9 Å². The summed E-state index contributed by atoms with van der Waals surface area (Å²) in [5.41, 5.74) is -0.964. The van der Waals surface area contributed by atoms with Gasteiger partial charge in [-0.2, -0.15) is 17.5 Å². The van der Waals surface area contributed by atoms with Crippen molar-refractivity contribution in [3.8, 4) is 0 Å². The van der Waals surface area contributed by atoms with Crippen LogP contribution in [0.4, 0.5) is 13.2 Å². The van der Waals surface area contributed by atoms with Crippen LogP contribution >= 0.6 is 0 Å². The highest BCUT2D eigenvalue weighted by atomic mass is 32.2. The second-order valence-electron chi connectivity index (χ2n) is 6.94. The van der Waals surface area contributed by atoms with Crippen LogP contribution < -0.4 is 0 Å². The maximum Gasteiger partial charge on any atom is 0.416 e. The fraction of sp³-hybridized carbons (Fsp3) is 0.667. The molecule has 0 saturated carbocycles. The van der Waals surface area contributed by atoms with Gasteiger partial charge in [-0.25, -0.2) is 8.42 Å². The van der Waals surface area contributed by atoms with E-state index in [9.17, 15) is 21.6 Å². The van der Waals surface area contributed by atoms with E-state index in [1.165, 1.54) is 10.4 Å². The number of morpholine rings is 1. The number of benzene rings is 1. The summed E-state index contributed by atoms with van der Waals surface area (Å²) in [7, 11) is -4.06. The Kier molecular flexibility index (Phi) is 6.98. The minimum absolute atomic E-state index is 0.225. The van der Waals surface area contributed by atoms with Crippen molar-refractivity contribution >= 4 is 10.0 Å². The second-order valence-corrected chi connectivity index (χ2v) is 8.83. The second kappa shape index (κ2) is 9.08. The van der Waals surface area contributed by atoms with Gasteiger partial charge in [0.15, 0.2) is 0 Å². The van der Waals surface area contributed by atoms with Gasteiger partial charge in [0.05, 0.1) is 23.7 Å². The fourth-order valence-corrected chi connectivity index (χ4v) is 5.23. The van der Waals surface area contributed by atoms with Crippen molar-refractivity contribution in [2.75, 3.05) is 52.6 Å². The number of rotatable bonds is 6. The zero-order chi connectivity index (χ0) is 20.2. The average Bonchev–Trinajstić information content (AvgIpc) is 2.69. The van der Waals surface area contributed by atoms with Crippen molar-refractivity contribution in [1.82, 2.24) is 9.21 Å². The molecule has 0 aromatic heterocycles. The van der Waals surface area contributed by atoms with E-state index in [1.807, 2.05) is 0 Å². The number of hydrogen-bond donors (Lipinski definition) is 0. The van der Waals surface area contributed by atoms with Gasteiger partial charge in [0.2, 0.25) is 10.0 Å². The largest absolute Gasteiger partial charge is 0.416 e. The zero-order valence-electron chi connectivity index (χ0n) is 15.5. The quantitative estimate of drug-likeness (QED) is 0.704. The average molecular weight is 422 g/mol. The van der Waals surface area contributed by atoms with Crippen LogP contribution in [0.1, 0.15) is 18.4 Å². The molecule has 3 rings (SSSR count). The molecule has 158 valence electrons. The summed E-state index contributed by atoms with van der Waals surface area (Å²) in [5, 5.41) is 0.